The van der Waals surface area contributed by atoms with Crippen molar-refractivity contribution in [2.45, 2.75) is 6.92 Å². The van der Waals surface area contributed by atoms with Crippen molar-refractivity contribution in [3.05, 3.63) is 54.1 Å². The number of hydrogen-bond acceptors (Lipinski definition) is 6. The van der Waals surface area contributed by atoms with Gasteiger partial charge in [0.15, 0.2) is 0 Å². The second-order valence-electron chi connectivity index (χ2n) is 7.78. The molecule has 0 bridgehead atoms. The highest BCUT2D eigenvalue weighted by Crippen LogP contribution is 2.30. The molecular formula is C22H25N3O5S. The van der Waals surface area contributed by atoms with Crippen LogP contribution in [0, 0.1) is 5.92 Å². The van der Waals surface area contributed by atoms with E-state index in [0.717, 1.165) is 15.7 Å². The first-order valence-corrected chi connectivity index (χ1v) is 11.8. The highest BCUT2D eigenvalue weighted by atomic mass is 32.2. The van der Waals surface area contributed by atoms with Gasteiger partial charge in [-0.25, -0.2) is 12.7 Å². The number of sulfonamides is 1. The van der Waals surface area contributed by atoms with Crippen molar-refractivity contribution >= 4 is 33.2 Å². The predicted octanol–water partition coefficient (Wildman–Crippen LogP) is 1.97. The summed E-state index contributed by atoms with van der Waals surface area (Å²) in [5, 5.41) is 0. The van der Waals surface area contributed by atoms with Gasteiger partial charge in [-0.05, 0) is 30.3 Å². The lowest BCUT2D eigenvalue weighted by Crippen LogP contribution is -2.48. The van der Waals surface area contributed by atoms with Crippen molar-refractivity contribution < 1.29 is 22.7 Å². The summed E-state index contributed by atoms with van der Waals surface area (Å²) in [6.07, 6.45) is 0. The van der Waals surface area contributed by atoms with Gasteiger partial charge in [-0.1, -0.05) is 25.1 Å². The van der Waals surface area contributed by atoms with Crippen molar-refractivity contribution in [2.24, 2.45) is 5.92 Å². The van der Waals surface area contributed by atoms with Crippen LogP contribution in [-0.2, 0) is 14.8 Å². The van der Waals surface area contributed by atoms with Crippen molar-refractivity contribution in [1.29, 1.82) is 0 Å². The Labute approximate surface area is 182 Å². The maximum Gasteiger partial charge on any atom is 0.254 e. The minimum absolute atomic E-state index is 0.182. The first kappa shape index (κ1) is 21.2. The summed E-state index contributed by atoms with van der Waals surface area (Å²) in [4.78, 5) is 29.4. The van der Waals surface area contributed by atoms with Gasteiger partial charge in [-0.3, -0.25) is 9.59 Å². The Kier molecular flexibility index (Phi) is 5.62. The Bertz CT molecular complexity index is 1110. The van der Waals surface area contributed by atoms with Crippen LogP contribution in [-0.4, -0.2) is 64.2 Å². The number of methoxy groups -OCH3 is 1. The van der Waals surface area contributed by atoms with Crippen LogP contribution in [0.1, 0.15) is 17.3 Å². The largest absolute Gasteiger partial charge is 0.495 e. The lowest BCUT2D eigenvalue weighted by Gasteiger charge is -2.36. The van der Waals surface area contributed by atoms with Gasteiger partial charge in [0.25, 0.3) is 5.91 Å². The number of carbonyl (C=O) groups is 2. The van der Waals surface area contributed by atoms with E-state index in [9.17, 15) is 18.0 Å². The van der Waals surface area contributed by atoms with Crippen molar-refractivity contribution in [3.8, 4) is 5.75 Å². The minimum atomic E-state index is -3.71. The van der Waals surface area contributed by atoms with E-state index in [4.69, 9.17) is 4.74 Å². The molecule has 0 spiro atoms. The first-order chi connectivity index (χ1) is 14.8. The fraction of sp³-hybridized carbons (Fsp3) is 0.364. The number of ether oxygens (including phenoxy) is 1. The molecule has 2 aromatic carbocycles. The monoisotopic (exact) mass is 443 g/mol. The van der Waals surface area contributed by atoms with Gasteiger partial charge in [0.1, 0.15) is 5.75 Å². The zero-order valence-corrected chi connectivity index (χ0v) is 18.3. The standard InChI is InChI=1S/C22H25N3O5S/c1-16-15-31(28,29)25(21(16)26)18-7-5-6-17(14-18)22(27)24-12-10-23(11-13-24)19-8-3-4-9-20(19)30-2/h3-9,14,16H,10-13,15H2,1-2H3/t16-/m1/s1. The maximum absolute atomic E-state index is 13.1. The quantitative estimate of drug-likeness (QED) is 0.718. The average Bonchev–Trinajstić information content (AvgIpc) is 2.99. The molecule has 0 aliphatic carbocycles. The Morgan fingerprint density at radius 3 is 2.39 bits per heavy atom. The van der Waals surface area contributed by atoms with Gasteiger partial charge >= 0.3 is 0 Å². The number of hydrogen-bond donors (Lipinski definition) is 0. The summed E-state index contributed by atoms with van der Waals surface area (Å²) in [5.41, 5.74) is 1.57. The topological polar surface area (TPSA) is 87.2 Å². The van der Waals surface area contributed by atoms with Gasteiger partial charge < -0.3 is 14.5 Å². The average molecular weight is 444 g/mol. The number of para-hydroxylation sites is 2. The third kappa shape index (κ3) is 3.97. The van der Waals surface area contributed by atoms with Crippen molar-refractivity contribution in [1.82, 2.24) is 4.90 Å². The number of anilines is 2. The van der Waals surface area contributed by atoms with Gasteiger partial charge in [-0.2, -0.15) is 0 Å². The molecular weight excluding hydrogens is 418 g/mol. The maximum atomic E-state index is 13.1. The van der Waals surface area contributed by atoms with E-state index in [2.05, 4.69) is 4.90 Å². The third-order valence-corrected chi connectivity index (χ3v) is 7.55. The van der Waals surface area contributed by atoms with E-state index in [1.807, 2.05) is 24.3 Å². The number of piperazine rings is 1. The second-order valence-corrected chi connectivity index (χ2v) is 9.65. The molecule has 2 aromatic rings. The summed E-state index contributed by atoms with van der Waals surface area (Å²) in [6, 6.07) is 14.1. The van der Waals surface area contributed by atoms with Gasteiger partial charge in [0.2, 0.25) is 15.9 Å². The Morgan fingerprint density at radius 2 is 1.74 bits per heavy atom. The molecule has 4 rings (SSSR count). The second kappa shape index (κ2) is 8.22. The molecule has 9 heteroatoms. The number of nitrogens with zero attached hydrogens (tertiary/aromatic N) is 3. The number of carbonyl (C=O) groups excluding carboxylic acids is 2. The van der Waals surface area contributed by atoms with E-state index in [1.54, 1.807) is 37.1 Å². The van der Waals surface area contributed by atoms with Crippen molar-refractivity contribution in [3.63, 3.8) is 0 Å². The molecule has 2 amide bonds. The first-order valence-electron chi connectivity index (χ1n) is 10.2. The molecule has 8 nitrogen and oxygen atoms in total. The minimum Gasteiger partial charge on any atom is -0.495 e. The Hall–Kier alpha value is -3.07. The number of amides is 2. The Balaban J connectivity index is 1.49. The lowest BCUT2D eigenvalue weighted by molar-refractivity contribution is -0.119. The molecule has 0 radical (unpaired) electrons. The van der Waals surface area contributed by atoms with Crippen LogP contribution in [0.15, 0.2) is 48.5 Å². The third-order valence-electron chi connectivity index (χ3n) is 5.68. The van der Waals surface area contributed by atoms with Gasteiger partial charge in [-0.15, -0.1) is 0 Å². The van der Waals surface area contributed by atoms with Crippen LogP contribution in [0.5, 0.6) is 5.75 Å². The molecule has 0 saturated carbocycles. The van der Waals surface area contributed by atoms with E-state index in [-0.39, 0.29) is 17.3 Å². The summed E-state index contributed by atoms with van der Waals surface area (Å²) < 4.78 is 31.0. The van der Waals surface area contributed by atoms with Crippen LogP contribution < -0.4 is 13.9 Å². The summed E-state index contributed by atoms with van der Waals surface area (Å²) in [5.74, 6) is -0.656. The predicted molar refractivity (Wildman–Crippen MR) is 118 cm³/mol. The van der Waals surface area contributed by atoms with Crippen LogP contribution in [0.4, 0.5) is 11.4 Å². The van der Waals surface area contributed by atoms with E-state index in [0.29, 0.717) is 31.7 Å². The van der Waals surface area contributed by atoms with Gasteiger partial charge in [0, 0.05) is 31.7 Å². The van der Waals surface area contributed by atoms with E-state index < -0.39 is 21.8 Å². The number of benzene rings is 2. The molecule has 0 unspecified atom stereocenters. The van der Waals surface area contributed by atoms with Gasteiger partial charge in [0.05, 0.1) is 30.2 Å². The Morgan fingerprint density at radius 1 is 1.03 bits per heavy atom. The van der Waals surface area contributed by atoms with Crippen LogP contribution >= 0.6 is 0 Å². The zero-order chi connectivity index (χ0) is 22.2. The lowest BCUT2D eigenvalue weighted by atomic mass is 10.1. The summed E-state index contributed by atoms with van der Waals surface area (Å²) in [7, 11) is -2.07. The molecule has 0 N–H and O–H groups in total. The molecule has 2 fully saturated rings. The smallest absolute Gasteiger partial charge is 0.254 e. The molecule has 2 aliphatic heterocycles. The van der Waals surface area contributed by atoms with Crippen LogP contribution in [0.3, 0.4) is 0 Å². The fourth-order valence-corrected chi connectivity index (χ4v) is 5.89. The molecule has 1 atom stereocenters. The molecule has 2 saturated heterocycles. The summed E-state index contributed by atoms with van der Waals surface area (Å²) >= 11 is 0. The fourth-order valence-electron chi connectivity index (χ4n) is 4.08. The van der Waals surface area contributed by atoms with Crippen LogP contribution in [0.25, 0.3) is 0 Å². The van der Waals surface area contributed by atoms with E-state index in [1.165, 1.54) is 6.07 Å². The zero-order valence-electron chi connectivity index (χ0n) is 17.5. The SMILES string of the molecule is COc1ccccc1N1CCN(C(=O)c2cccc(N3C(=O)[C@H](C)CS3(=O)=O)c2)CC1. The molecule has 0 aromatic heterocycles. The molecule has 2 heterocycles. The number of rotatable bonds is 4. The molecule has 2 aliphatic rings. The molecule has 31 heavy (non-hydrogen) atoms. The molecule has 164 valence electrons. The van der Waals surface area contributed by atoms with Crippen molar-refractivity contribution in [2.75, 3.05) is 48.2 Å². The van der Waals surface area contributed by atoms with E-state index >= 15 is 0 Å². The highest BCUT2D eigenvalue weighted by molar-refractivity contribution is 7.94. The summed E-state index contributed by atoms with van der Waals surface area (Å²) in [6.45, 7) is 3.96. The normalized spacial score (nSPS) is 20.8. The highest BCUT2D eigenvalue weighted by Gasteiger charge is 2.42. The van der Waals surface area contributed by atoms with Crippen LogP contribution in [0.2, 0.25) is 0 Å².